The van der Waals surface area contributed by atoms with Gasteiger partial charge in [-0.2, -0.15) is 0 Å². The summed E-state index contributed by atoms with van der Waals surface area (Å²) in [5.74, 6) is 0. The predicted molar refractivity (Wildman–Crippen MR) is 271 cm³/mol. The molecule has 0 atom stereocenters. The van der Waals surface area contributed by atoms with E-state index in [1.807, 2.05) is 24.4 Å². The Morgan fingerprint density at radius 1 is 0.590 bits per heavy atom. The molecule has 8 aromatic rings. The lowest BCUT2D eigenvalue weighted by Crippen LogP contribution is -2.14. The van der Waals surface area contributed by atoms with Crippen molar-refractivity contribution in [2.24, 2.45) is 10.7 Å². The molecule has 0 bridgehead atoms. The van der Waals surface area contributed by atoms with E-state index in [0.29, 0.717) is 18.7 Å². The molecule has 2 N–H and O–H groups in total. The smallest absolute Gasteiger partial charge is 0.150 e. The Labute approximate surface area is 378 Å². The van der Waals surface area contributed by atoms with Crippen LogP contribution in [0.5, 0.6) is 0 Å². The van der Waals surface area contributed by atoms with Gasteiger partial charge in [0.1, 0.15) is 16.3 Å². The molecule has 0 amide bonds. The van der Waals surface area contributed by atoms with Gasteiger partial charge in [-0.3, -0.25) is 9.79 Å². The molecule has 9 heteroatoms. The summed E-state index contributed by atoms with van der Waals surface area (Å²) in [5.41, 5.74) is 21.7. The van der Waals surface area contributed by atoms with E-state index in [4.69, 9.17) is 35.2 Å². The Balaban J connectivity index is 0.000000170. The lowest BCUT2D eigenvalue weighted by atomic mass is 9.99. The summed E-state index contributed by atoms with van der Waals surface area (Å²) in [7, 11) is 0. The van der Waals surface area contributed by atoms with Crippen LogP contribution in [-0.4, -0.2) is 45.3 Å². The highest BCUT2D eigenvalue weighted by Gasteiger charge is 2.09. The zero-order chi connectivity index (χ0) is 43.5. The number of thiazole rings is 2. The van der Waals surface area contributed by atoms with Gasteiger partial charge in [0.25, 0.3) is 0 Å². The molecule has 0 radical (unpaired) electrons. The number of carbonyl (C=O) groups excluding carboxylic acids is 1. The first-order valence-electron chi connectivity index (χ1n) is 20.1. The second-order valence-electron chi connectivity index (χ2n) is 15.2. The molecule has 0 aliphatic heterocycles. The van der Waals surface area contributed by atoms with Crippen molar-refractivity contribution < 1.29 is 4.79 Å². The molecule has 0 aliphatic rings. The van der Waals surface area contributed by atoms with Gasteiger partial charge >= 0.3 is 0 Å². The van der Waals surface area contributed by atoms with Gasteiger partial charge in [0.05, 0.1) is 27.0 Å². The van der Waals surface area contributed by atoms with Crippen molar-refractivity contribution in [3.8, 4) is 21.1 Å². The molecule has 2 aromatic heterocycles. The van der Waals surface area contributed by atoms with E-state index < -0.39 is 0 Å². The van der Waals surface area contributed by atoms with E-state index in [1.165, 1.54) is 49.2 Å². The Morgan fingerprint density at radius 2 is 1.02 bits per heavy atom. The zero-order valence-electron chi connectivity index (χ0n) is 35.5. The molecular weight excluding hydrogens is 825 g/mol. The fraction of sp³-hybridized carbons (Fsp3) is 0.192. The van der Waals surface area contributed by atoms with E-state index >= 15 is 0 Å². The van der Waals surface area contributed by atoms with Crippen molar-refractivity contribution >= 4 is 89.8 Å². The SMILES string of the molecule is Cc1ccc(-c2nc3cc(C=NCC(=S)Cc4c(C)cccc4C)ccc3s2)cc1.Cc1ccc(-c2nc3cc(C=O)ccc3s2)cc1.Cc1cccc(C)c1CC(=S)CN. The second-order valence-corrected chi connectivity index (χ2v) is 18.4. The van der Waals surface area contributed by atoms with Crippen LogP contribution in [0.1, 0.15) is 60.4 Å². The Bertz CT molecular complexity index is 2790. The fourth-order valence-corrected chi connectivity index (χ4v) is 8.98. The highest BCUT2D eigenvalue weighted by Crippen LogP contribution is 2.32. The molecule has 308 valence electrons. The number of rotatable bonds is 11. The van der Waals surface area contributed by atoms with Crippen LogP contribution in [0.4, 0.5) is 0 Å². The van der Waals surface area contributed by atoms with Crippen LogP contribution in [0.3, 0.4) is 0 Å². The van der Waals surface area contributed by atoms with Gasteiger partial charge in [-0.25, -0.2) is 9.97 Å². The number of benzene rings is 6. The van der Waals surface area contributed by atoms with Gasteiger partial charge in [0, 0.05) is 52.0 Å². The number of aryl methyl sites for hydroxylation is 6. The van der Waals surface area contributed by atoms with Crippen LogP contribution in [0.2, 0.25) is 0 Å². The summed E-state index contributed by atoms with van der Waals surface area (Å²) >= 11 is 14.1. The molecule has 8 rings (SSSR count). The maximum absolute atomic E-state index is 10.7. The number of thiocarbonyl (C=S) groups is 2. The first-order valence-corrected chi connectivity index (χ1v) is 22.6. The van der Waals surface area contributed by atoms with Gasteiger partial charge < -0.3 is 5.73 Å². The minimum atomic E-state index is 0.503. The zero-order valence-corrected chi connectivity index (χ0v) is 38.8. The van der Waals surface area contributed by atoms with Gasteiger partial charge in [-0.15, -0.1) is 22.7 Å². The largest absolute Gasteiger partial charge is 0.326 e. The number of aromatic nitrogens is 2. The van der Waals surface area contributed by atoms with Crippen LogP contribution in [0, 0.1) is 41.5 Å². The third-order valence-corrected chi connectivity index (χ3v) is 13.1. The van der Waals surface area contributed by atoms with Crippen molar-refractivity contribution in [2.45, 2.75) is 54.4 Å². The minimum absolute atomic E-state index is 0.503. The molecular formula is C52H50N4OS4. The number of carbonyl (C=O) groups is 1. The topological polar surface area (TPSA) is 81.2 Å². The number of nitrogens with zero attached hydrogens (tertiary/aromatic N) is 3. The highest BCUT2D eigenvalue weighted by molar-refractivity contribution is 7.80. The molecule has 61 heavy (non-hydrogen) atoms. The van der Waals surface area contributed by atoms with E-state index in [2.05, 4.69) is 155 Å². The molecule has 0 spiro atoms. The van der Waals surface area contributed by atoms with Crippen LogP contribution in [0.25, 0.3) is 41.6 Å². The maximum Gasteiger partial charge on any atom is 0.150 e. The molecule has 0 unspecified atom stereocenters. The third-order valence-electron chi connectivity index (χ3n) is 10.3. The molecule has 0 saturated heterocycles. The molecule has 0 aliphatic carbocycles. The first-order chi connectivity index (χ1) is 29.4. The monoisotopic (exact) mass is 874 g/mol. The van der Waals surface area contributed by atoms with Crippen molar-refractivity contribution in [3.05, 3.63) is 177 Å². The minimum Gasteiger partial charge on any atom is -0.326 e. The standard InChI is InChI=1S/C26H24N2S2.C15H11NOS.C11H15NS/c1-17-7-10-21(11-8-17)26-28-24-13-20(9-12-25(24)30-26)15-27-16-22(29)14-23-18(2)5-4-6-19(23)3;1-10-2-5-12(6-3-10)15-16-13-8-11(9-17)4-7-14(13)18-15;1-8-4-3-5-9(2)11(8)6-10(13)7-12/h4-13,15H,14,16H2,1-3H3;2-9H,1H3;3-5H,6-7,12H2,1-2H3. The number of nitrogens with two attached hydrogens (primary N) is 1. The summed E-state index contributed by atoms with van der Waals surface area (Å²) in [4.78, 5) is 26.6. The number of aliphatic imine (C=N–C) groups is 1. The fourth-order valence-electron chi connectivity index (χ4n) is 6.71. The molecule has 0 fully saturated rings. The second kappa shape index (κ2) is 21.4. The van der Waals surface area contributed by atoms with Gasteiger partial charge in [0.15, 0.2) is 0 Å². The summed E-state index contributed by atoms with van der Waals surface area (Å²) < 4.78 is 2.30. The van der Waals surface area contributed by atoms with E-state index in [1.54, 1.807) is 22.7 Å². The van der Waals surface area contributed by atoms with E-state index in [-0.39, 0.29) is 0 Å². The van der Waals surface area contributed by atoms with Crippen molar-refractivity contribution in [1.82, 2.24) is 9.97 Å². The number of hydrogen-bond donors (Lipinski definition) is 1. The average Bonchev–Trinajstić information content (AvgIpc) is 3.89. The summed E-state index contributed by atoms with van der Waals surface area (Å²) in [5, 5.41) is 2.04. The van der Waals surface area contributed by atoms with Crippen molar-refractivity contribution in [3.63, 3.8) is 0 Å². The van der Waals surface area contributed by atoms with Crippen LogP contribution < -0.4 is 5.73 Å². The lowest BCUT2D eigenvalue weighted by Gasteiger charge is -2.09. The predicted octanol–water partition coefficient (Wildman–Crippen LogP) is 13.2. The van der Waals surface area contributed by atoms with E-state index in [0.717, 1.165) is 71.3 Å². The van der Waals surface area contributed by atoms with Gasteiger partial charge in [0.2, 0.25) is 0 Å². The Hall–Kier alpha value is -5.42. The quantitative estimate of drug-likeness (QED) is 0.0792. The molecule has 5 nitrogen and oxygen atoms in total. The highest BCUT2D eigenvalue weighted by atomic mass is 32.1. The van der Waals surface area contributed by atoms with Crippen molar-refractivity contribution in [1.29, 1.82) is 0 Å². The average molecular weight is 875 g/mol. The third kappa shape index (κ3) is 12.3. The first kappa shape index (κ1) is 45.1. The van der Waals surface area contributed by atoms with Crippen molar-refractivity contribution in [2.75, 3.05) is 13.1 Å². The summed E-state index contributed by atoms with van der Waals surface area (Å²) in [6.45, 7) is 13.7. The normalized spacial score (nSPS) is 10.9. The summed E-state index contributed by atoms with van der Waals surface area (Å²) in [6, 6.07) is 41.4. The molecule has 2 heterocycles. The van der Waals surface area contributed by atoms with Crippen LogP contribution in [0.15, 0.2) is 126 Å². The van der Waals surface area contributed by atoms with E-state index in [9.17, 15) is 4.79 Å². The number of aldehydes is 1. The Morgan fingerprint density at radius 3 is 1.46 bits per heavy atom. The van der Waals surface area contributed by atoms with Crippen LogP contribution >= 0.6 is 47.1 Å². The molecule has 0 saturated carbocycles. The van der Waals surface area contributed by atoms with Gasteiger partial charge in [-0.05, 0) is 105 Å². The van der Waals surface area contributed by atoms with Crippen LogP contribution in [-0.2, 0) is 12.8 Å². The number of fused-ring (bicyclic) bond motifs is 2. The summed E-state index contributed by atoms with van der Waals surface area (Å²) in [6.07, 6.45) is 4.40. The number of hydrogen-bond acceptors (Lipinski definition) is 9. The maximum atomic E-state index is 10.7. The van der Waals surface area contributed by atoms with Gasteiger partial charge in [-0.1, -0.05) is 133 Å². The Kier molecular flexibility index (Phi) is 15.8. The lowest BCUT2D eigenvalue weighted by molar-refractivity contribution is 0.112. The molecule has 6 aromatic carbocycles.